The highest BCUT2D eigenvalue weighted by atomic mass is 32.3. The quantitative estimate of drug-likeness (QED) is 0.428. The average molecular weight is 429 g/mol. The molecule has 0 aromatic carbocycles. The number of nitrogens with one attached hydrogen (secondary N) is 1. The molecular formula is C23H44N2OS2. The third-order valence-electron chi connectivity index (χ3n) is 7.89. The number of rotatable bonds is 7. The molecule has 3 nitrogen and oxygen atoms in total. The summed E-state index contributed by atoms with van der Waals surface area (Å²) in [7, 11) is 1.39. The van der Waals surface area contributed by atoms with Gasteiger partial charge >= 0.3 is 0 Å². The first-order valence-electron chi connectivity index (χ1n) is 11.4. The minimum atomic E-state index is -2.64. The lowest BCUT2D eigenvalue weighted by molar-refractivity contribution is 0.265. The van der Waals surface area contributed by atoms with E-state index in [9.17, 15) is 4.21 Å². The Balaban J connectivity index is 1.76. The van der Waals surface area contributed by atoms with E-state index < -0.39 is 10.3 Å². The maximum atomic E-state index is 14.3. The predicted octanol–water partition coefficient (Wildman–Crippen LogP) is 5.27. The van der Waals surface area contributed by atoms with Crippen molar-refractivity contribution < 1.29 is 4.21 Å². The van der Waals surface area contributed by atoms with Gasteiger partial charge in [0.15, 0.2) is 0 Å². The molecule has 5 heteroatoms. The summed E-state index contributed by atoms with van der Waals surface area (Å²) < 4.78 is 20.3. The van der Waals surface area contributed by atoms with Gasteiger partial charge in [-0.3, -0.25) is 4.21 Å². The van der Waals surface area contributed by atoms with Crippen LogP contribution in [-0.2, 0) is 10.3 Å². The predicted molar refractivity (Wildman–Crippen MR) is 127 cm³/mol. The highest BCUT2D eigenvalue weighted by Crippen LogP contribution is 2.49. The number of hydrogen-bond acceptors (Lipinski definition) is 2. The lowest BCUT2D eigenvalue weighted by Crippen LogP contribution is -2.57. The molecule has 0 bridgehead atoms. The summed E-state index contributed by atoms with van der Waals surface area (Å²) in [6.07, 6.45) is 10.5. The van der Waals surface area contributed by atoms with Gasteiger partial charge in [-0.2, -0.15) is 0 Å². The molecule has 28 heavy (non-hydrogen) atoms. The summed E-state index contributed by atoms with van der Waals surface area (Å²) in [6.45, 7) is 11.4. The van der Waals surface area contributed by atoms with Gasteiger partial charge < -0.3 is 0 Å². The summed E-state index contributed by atoms with van der Waals surface area (Å²) in [5, 5.41) is 0. The van der Waals surface area contributed by atoms with Gasteiger partial charge in [0.25, 0.3) is 0 Å². The Morgan fingerprint density at radius 1 is 1.21 bits per heavy atom. The van der Waals surface area contributed by atoms with Crippen molar-refractivity contribution in [3.8, 4) is 0 Å². The van der Waals surface area contributed by atoms with Crippen molar-refractivity contribution in [3.63, 3.8) is 0 Å². The zero-order chi connectivity index (χ0) is 20.7. The van der Waals surface area contributed by atoms with Crippen LogP contribution in [0.1, 0.15) is 73.1 Å². The summed E-state index contributed by atoms with van der Waals surface area (Å²) in [5.41, 5.74) is 1.97. The van der Waals surface area contributed by atoms with Crippen LogP contribution in [0.2, 0.25) is 0 Å². The summed E-state index contributed by atoms with van der Waals surface area (Å²) in [5.74, 6) is 3.70. The number of thiol groups is 1. The summed E-state index contributed by atoms with van der Waals surface area (Å²) >= 11 is 1.90. The van der Waals surface area contributed by atoms with E-state index in [-0.39, 0.29) is 4.58 Å². The highest BCUT2D eigenvalue weighted by molar-refractivity contribution is 8.16. The van der Waals surface area contributed by atoms with E-state index in [0.29, 0.717) is 29.2 Å². The van der Waals surface area contributed by atoms with Crippen LogP contribution in [0.25, 0.3) is 0 Å². The molecule has 2 saturated carbocycles. The van der Waals surface area contributed by atoms with Gasteiger partial charge in [-0.1, -0.05) is 45.8 Å². The van der Waals surface area contributed by atoms with Crippen molar-refractivity contribution in [1.29, 1.82) is 0 Å². The zero-order valence-electron chi connectivity index (χ0n) is 19.2. The van der Waals surface area contributed by atoms with E-state index in [1.807, 2.05) is 30.2 Å². The van der Waals surface area contributed by atoms with Gasteiger partial charge in [0.05, 0.1) is 4.58 Å². The Labute approximate surface area is 179 Å². The maximum Gasteiger partial charge on any atom is 0.0787 e. The standard InChI is InChI=1S/C23H44N2OS2/c1-16(23(3,4)5)15-27-17(2)28(26,25(6)7)24-22-20-12-8-10-18(20)14-19-11-9-13-21(19)22/h14,16-18,20-22,28H,8-13,15H2,1-7H3,(H,24,26). The Hall–Kier alpha value is 0.160. The fourth-order valence-corrected chi connectivity index (χ4v) is 10.1. The third-order valence-corrected chi connectivity index (χ3v) is 13.2. The second-order valence-corrected chi connectivity index (χ2v) is 15.6. The second-order valence-electron chi connectivity index (χ2n) is 10.8. The van der Waals surface area contributed by atoms with Crippen LogP contribution in [0.4, 0.5) is 0 Å². The van der Waals surface area contributed by atoms with Gasteiger partial charge in [-0.25, -0.2) is 9.03 Å². The molecular weight excluding hydrogens is 384 g/mol. The van der Waals surface area contributed by atoms with Crippen LogP contribution in [0, 0.1) is 29.1 Å². The molecule has 0 saturated heterocycles. The molecule has 3 aliphatic carbocycles. The molecule has 6 atom stereocenters. The molecule has 6 unspecified atom stereocenters. The molecule has 3 rings (SSSR count). The summed E-state index contributed by atoms with van der Waals surface area (Å²) in [4.78, 5) is 0. The average Bonchev–Trinajstić information content (AvgIpc) is 3.26. The van der Waals surface area contributed by atoms with Gasteiger partial charge in [-0.15, -0.1) is 11.8 Å². The normalized spacial score (nSPS) is 33.4. The van der Waals surface area contributed by atoms with Gasteiger partial charge in [0, 0.05) is 16.3 Å². The van der Waals surface area contributed by atoms with E-state index in [1.165, 1.54) is 38.5 Å². The van der Waals surface area contributed by atoms with Gasteiger partial charge in [0.2, 0.25) is 0 Å². The SMILES string of the molecule is CC(CSC(C)[SH](=O)(NC1C2CCCC2=CC2CCCC21)N(C)C)C(C)(C)C. The van der Waals surface area contributed by atoms with Crippen LogP contribution in [0.3, 0.4) is 0 Å². The molecule has 0 aromatic rings. The second kappa shape index (κ2) is 8.72. The van der Waals surface area contributed by atoms with Crippen molar-refractivity contribution >= 4 is 22.1 Å². The van der Waals surface area contributed by atoms with Crippen LogP contribution < -0.4 is 4.72 Å². The number of hydrogen-bond donors (Lipinski definition) is 2. The van der Waals surface area contributed by atoms with Crippen LogP contribution in [0.5, 0.6) is 0 Å². The molecule has 1 N–H and O–H groups in total. The molecule has 0 spiro atoms. The Bertz CT molecular complexity index is 625. The summed E-state index contributed by atoms with van der Waals surface area (Å²) in [6, 6.07) is 0.409. The van der Waals surface area contributed by atoms with E-state index in [1.54, 1.807) is 5.57 Å². The molecule has 2 fully saturated rings. The Morgan fingerprint density at radius 3 is 2.57 bits per heavy atom. The van der Waals surface area contributed by atoms with Gasteiger partial charge in [0.1, 0.15) is 0 Å². The van der Waals surface area contributed by atoms with Crippen LogP contribution >= 0.6 is 11.8 Å². The number of nitrogens with zero attached hydrogens (tertiary/aromatic N) is 1. The van der Waals surface area contributed by atoms with Crippen molar-refractivity contribution in [2.45, 2.75) is 83.8 Å². The largest absolute Gasteiger partial charge is 0.256 e. The fraction of sp³-hybridized carbons (Fsp3) is 0.913. The molecule has 0 amide bonds. The molecule has 0 aliphatic heterocycles. The fourth-order valence-electron chi connectivity index (χ4n) is 5.34. The topological polar surface area (TPSA) is 32.3 Å². The first-order valence-corrected chi connectivity index (χ1v) is 14.2. The Kier molecular flexibility index (Phi) is 7.11. The highest BCUT2D eigenvalue weighted by Gasteiger charge is 2.46. The van der Waals surface area contributed by atoms with E-state index in [4.69, 9.17) is 0 Å². The zero-order valence-corrected chi connectivity index (χ0v) is 20.9. The van der Waals surface area contributed by atoms with Crippen molar-refractivity contribution in [2.24, 2.45) is 29.1 Å². The lowest BCUT2D eigenvalue weighted by atomic mass is 9.74. The third kappa shape index (κ3) is 4.58. The number of thioether (sulfide) groups is 1. The van der Waals surface area contributed by atoms with E-state index in [0.717, 1.165) is 11.7 Å². The smallest absolute Gasteiger partial charge is 0.0787 e. The first-order chi connectivity index (χ1) is 13.0. The maximum absolute atomic E-state index is 14.3. The van der Waals surface area contributed by atoms with E-state index in [2.05, 4.69) is 45.4 Å². The minimum absolute atomic E-state index is 0.114. The lowest BCUT2D eigenvalue weighted by Gasteiger charge is -2.46. The molecule has 0 radical (unpaired) electrons. The van der Waals surface area contributed by atoms with Gasteiger partial charge in [-0.05, 0) is 88.0 Å². The van der Waals surface area contributed by atoms with Crippen LogP contribution in [0.15, 0.2) is 11.6 Å². The van der Waals surface area contributed by atoms with Crippen molar-refractivity contribution in [3.05, 3.63) is 11.6 Å². The van der Waals surface area contributed by atoms with Crippen LogP contribution in [-0.4, -0.2) is 39.0 Å². The molecule has 0 heterocycles. The first kappa shape index (κ1) is 22.8. The van der Waals surface area contributed by atoms with Crippen molar-refractivity contribution in [2.75, 3.05) is 19.8 Å². The van der Waals surface area contributed by atoms with Crippen molar-refractivity contribution in [1.82, 2.24) is 9.03 Å². The molecule has 3 aliphatic rings. The number of allylic oxidation sites excluding steroid dienone is 1. The number of fused-ring (bicyclic) bond motifs is 2. The molecule has 0 aromatic heterocycles. The molecule has 164 valence electrons. The monoisotopic (exact) mass is 428 g/mol. The minimum Gasteiger partial charge on any atom is -0.256 e. The Morgan fingerprint density at radius 2 is 1.93 bits per heavy atom. The van der Waals surface area contributed by atoms with E-state index >= 15 is 0 Å².